The standard InChI is InChI=1S/C17H26N2O2.ClH/c1-12-7-8-14(10-16(12)21-3)11-17(20)19-9-5-4-6-15(19)13(2)18;/h7-8,10,13,15H,4-6,9,11,18H2,1-3H3;1H. The molecular formula is C17H27ClN2O2. The van der Waals surface area contributed by atoms with Crippen LogP contribution in [0, 0.1) is 6.92 Å². The molecule has 1 aromatic carbocycles. The Morgan fingerprint density at radius 2 is 2.18 bits per heavy atom. The van der Waals surface area contributed by atoms with Crippen molar-refractivity contribution in [2.45, 2.75) is 51.6 Å². The number of ether oxygens (including phenoxy) is 1. The number of methoxy groups -OCH3 is 1. The highest BCUT2D eigenvalue weighted by Crippen LogP contribution is 2.22. The number of nitrogens with zero attached hydrogens (tertiary/aromatic N) is 1. The molecule has 1 amide bonds. The lowest BCUT2D eigenvalue weighted by Gasteiger charge is -2.38. The lowest BCUT2D eigenvalue weighted by molar-refractivity contribution is -0.134. The lowest BCUT2D eigenvalue weighted by Crippen LogP contribution is -2.52. The minimum atomic E-state index is 0. The maximum atomic E-state index is 12.6. The molecule has 0 aromatic heterocycles. The van der Waals surface area contributed by atoms with Gasteiger partial charge in [-0.15, -0.1) is 12.4 Å². The van der Waals surface area contributed by atoms with E-state index in [-0.39, 0.29) is 30.4 Å². The summed E-state index contributed by atoms with van der Waals surface area (Å²) < 4.78 is 5.33. The first-order valence-corrected chi connectivity index (χ1v) is 7.71. The van der Waals surface area contributed by atoms with Crippen LogP contribution in [-0.4, -0.2) is 36.5 Å². The van der Waals surface area contributed by atoms with Crippen LogP contribution in [0.15, 0.2) is 18.2 Å². The monoisotopic (exact) mass is 326 g/mol. The van der Waals surface area contributed by atoms with Crippen molar-refractivity contribution in [3.05, 3.63) is 29.3 Å². The fraction of sp³-hybridized carbons (Fsp3) is 0.588. The predicted octanol–water partition coefficient (Wildman–Crippen LogP) is 2.70. The Bertz CT molecular complexity index is 505. The normalized spacial score (nSPS) is 19.3. The number of rotatable bonds is 4. The average molecular weight is 327 g/mol. The van der Waals surface area contributed by atoms with E-state index in [4.69, 9.17) is 10.5 Å². The third-order valence-electron chi connectivity index (χ3n) is 4.30. The van der Waals surface area contributed by atoms with Gasteiger partial charge in [0.2, 0.25) is 5.91 Å². The highest BCUT2D eigenvalue weighted by molar-refractivity contribution is 5.85. The number of benzene rings is 1. The van der Waals surface area contributed by atoms with Gasteiger partial charge in [-0.3, -0.25) is 4.79 Å². The van der Waals surface area contributed by atoms with Gasteiger partial charge in [-0.2, -0.15) is 0 Å². The highest BCUT2D eigenvalue weighted by atomic mass is 35.5. The molecular weight excluding hydrogens is 300 g/mol. The van der Waals surface area contributed by atoms with E-state index in [0.29, 0.717) is 6.42 Å². The fourth-order valence-corrected chi connectivity index (χ4v) is 3.06. The Labute approximate surface area is 139 Å². The second-order valence-corrected chi connectivity index (χ2v) is 5.99. The number of piperidine rings is 1. The summed E-state index contributed by atoms with van der Waals surface area (Å²) in [5.74, 6) is 1.01. The van der Waals surface area contributed by atoms with Gasteiger partial charge in [0.1, 0.15) is 5.75 Å². The van der Waals surface area contributed by atoms with Crippen molar-refractivity contribution in [2.24, 2.45) is 5.73 Å². The average Bonchev–Trinajstić information content (AvgIpc) is 2.49. The first-order valence-electron chi connectivity index (χ1n) is 7.71. The van der Waals surface area contributed by atoms with Crippen molar-refractivity contribution >= 4 is 18.3 Å². The van der Waals surface area contributed by atoms with E-state index in [1.54, 1.807) is 7.11 Å². The molecule has 1 aliphatic rings. The van der Waals surface area contributed by atoms with Crippen LogP contribution in [0.25, 0.3) is 0 Å². The van der Waals surface area contributed by atoms with Gasteiger partial charge in [-0.25, -0.2) is 0 Å². The van der Waals surface area contributed by atoms with Gasteiger partial charge < -0.3 is 15.4 Å². The van der Waals surface area contributed by atoms with Crippen LogP contribution in [0.2, 0.25) is 0 Å². The van der Waals surface area contributed by atoms with Gasteiger partial charge in [0.15, 0.2) is 0 Å². The second-order valence-electron chi connectivity index (χ2n) is 5.99. The number of aryl methyl sites for hydroxylation is 1. The van der Waals surface area contributed by atoms with Crippen LogP contribution in [0.3, 0.4) is 0 Å². The largest absolute Gasteiger partial charge is 0.496 e. The Morgan fingerprint density at radius 1 is 1.45 bits per heavy atom. The SMILES string of the molecule is COc1cc(CC(=O)N2CCCCC2C(C)N)ccc1C.Cl. The Hall–Kier alpha value is -1.26. The Balaban J connectivity index is 0.00000242. The summed E-state index contributed by atoms with van der Waals surface area (Å²) >= 11 is 0. The molecule has 0 bridgehead atoms. The molecule has 22 heavy (non-hydrogen) atoms. The van der Waals surface area contributed by atoms with Crippen molar-refractivity contribution < 1.29 is 9.53 Å². The van der Waals surface area contributed by atoms with Crippen LogP contribution in [0.5, 0.6) is 5.75 Å². The number of hydrogen-bond acceptors (Lipinski definition) is 3. The van der Waals surface area contributed by atoms with Crippen molar-refractivity contribution in [1.82, 2.24) is 4.90 Å². The molecule has 1 heterocycles. The Kier molecular flexibility index (Phi) is 7.17. The van der Waals surface area contributed by atoms with E-state index < -0.39 is 0 Å². The first kappa shape index (κ1) is 18.8. The number of carbonyl (C=O) groups is 1. The van der Waals surface area contributed by atoms with Crippen LogP contribution < -0.4 is 10.5 Å². The summed E-state index contributed by atoms with van der Waals surface area (Å²) in [6.07, 6.45) is 3.67. The van der Waals surface area contributed by atoms with Crippen LogP contribution >= 0.6 is 12.4 Å². The van der Waals surface area contributed by atoms with Gasteiger partial charge in [0.05, 0.1) is 13.5 Å². The molecule has 1 aromatic rings. The Morgan fingerprint density at radius 3 is 2.82 bits per heavy atom. The molecule has 2 unspecified atom stereocenters. The van der Waals surface area contributed by atoms with Gasteiger partial charge in [-0.1, -0.05) is 12.1 Å². The van der Waals surface area contributed by atoms with Gasteiger partial charge in [0.25, 0.3) is 0 Å². The van der Waals surface area contributed by atoms with Crippen LogP contribution in [-0.2, 0) is 11.2 Å². The summed E-state index contributed by atoms with van der Waals surface area (Å²) in [7, 11) is 1.66. The van der Waals surface area contributed by atoms with Crippen molar-refractivity contribution in [3.63, 3.8) is 0 Å². The summed E-state index contributed by atoms with van der Waals surface area (Å²) in [4.78, 5) is 14.6. The van der Waals surface area contributed by atoms with Gasteiger partial charge >= 0.3 is 0 Å². The van der Waals surface area contributed by atoms with E-state index in [0.717, 1.165) is 42.7 Å². The third kappa shape index (κ3) is 4.37. The van der Waals surface area contributed by atoms with E-state index in [1.165, 1.54) is 0 Å². The van der Waals surface area contributed by atoms with E-state index >= 15 is 0 Å². The second kappa shape index (κ2) is 8.39. The summed E-state index contributed by atoms with van der Waals surface area (Å²) in [5, 5.41) is 0. The number of hydrogen-bond donors (Lipinski definition) is 1. The minimum Gasteiger partial charge on any atom is -0.496 e. The topological polar surface area (TPSA) is 55.6 Å². The molecule has 4 nitrogen and oxygen atoms in total. The molecule has 0 spiro atoms. The smallest absolute Gasteiger partial charge is 0.227 e. The molecule has 0 radical (unpaired) electrons. The van der Waals surface area contributed by atoms with E-state index in [9.17, 15) is 4.79 Å². The number of amides is 1. The maximum absolute atomic E-state index is 12.6. The molecule has 1 fully saturated rings. The zero-order chi connectivity index (χ0) is 15.4. The van der Waals surface area contributed by atoms with Crippen molar-refractivity contribution in [1.29, 1.82) is 0 Å². The van der Waals surface area contributed by atoms with E-state index in [1.807, 2.05) is 36.9 Å². The maximum Gasteiger partial charge on any atom is 0.227 e. The lowest BCUT2D eigenvalue weighted by atomic mass is 9.96. The van der Waals surface area contributed by atoms with E-state index in [2.05, 4.69) is 0 Å². The van der Waals surface area contributed by atoms with Crippen LogP contribution in [0.4, 0.5) is 0 Å². The molecule has 5 heteroatoms. The van der Waals surface area contributed by atoms with Gasteiger partial charge in [0, 0.05) is 18.6 Å². The van der Waals surface area contributed by atoms with Crippen molar-refractivity contribution in [2.75, 3.05) is 13.7 Å². The number of carbonyl (C=O) groups excluding carboxylic acids is 1. The molecule has 0 saturated carbocycles. The molecule has 0 aliphatic carbocycles. The number of halogens is 1. The molecule has 1 saturated heterocycles. The summed E-state index contributed by atoms with van der Waals surface area (Å²) in [6.45, 7) is 4.82. The molecule has 2 N–H and O–H groups in total. The number of likely N-dealkylation sites (tertiary alicyclic amines) is 1. The van der Waals surface area contributed by atoms with Crippen LogP contribution in [0.1, 0.15) is 37.3 Å². The zero-order valence-electron chi connectivity index (χ0n) is 13.7. The summed E-state index contributed by atoms with van der Waals surface area (Å²) in [6, 6.07) is 6.17. The zero-order valence-corrected chi connectivity index (χ0v) is 14.5. The molecule has 124 valence electrons. The minimum absolute atomic E-state index is 0. The summed E-state index contributed by atoms with van der Waals surface area (Å²) in [5.41, 5.74) is 8.12. The third-order valence-corrected chi connectivity index (χ3v) is 4.30. The quantitative estimate of drug-likeness (QED) is 0.925. The molecule has 2 atom stereocenters. The van der Waals surface area contributed by atoms with Gasteiger partial charge in [-0.05, 0) is 50.3 Å². The predicted molar refractivity (Wildman–Crippen MR) is 91.7 cm³/mol. The number of nitrogens with two attached hydrogens (primary N) is 1. The first-order chi connectivity index (χ1) is 10.0. The molecule has 2 rings (SSSR count). The molecule has 1 aliphatic heterocycles. The highest BCUT2D eigenvalue weighted by Gasteiger charge is 2.29. The fourth-order valence-electron chi connectivity index (χ4n) is 3.06. The van der Waals surface area contributed by atoms with Crippen molar-refractivity contribution in [3.8, 4) is 5.75 Å².